The second kappa shape index (κ2) is 4.30. The molecule has 0 aliphatic carbocycles. The molecular formula is C13H13N3O. The van der Waals surface area contributed by atoms with Crippen molar-refractivity contribution in [3.05, 3.63) is 36.0 Å². The van der Waals surface area contributed by atoms with Crippen LogP contribution in [0.5, 0.6) is 0 Å². The Morgan fingerprint density at radius 2 is 2.24 bits per heavy atom. The van der Waals surface area contributed by atoms with Gasteiger partial charge in [-0.3, -0.25) is 4.79 Å². The van der Waals surface area contributed by atoms with Crippen molar-refractivity contribution in [3.8, 4) is 6.07 Å². The Labute approximate surface area is 99.5 Å². The van der Waals surface area contributed by atoms with Crippen LogP contribution >= 0.6 is 0 Å². The number of rotatable bonds is 2. The van der Waals surface area contributed by atoms with Gasteiger partial charge in [0, 0.05) is 29.7 Å². The van der Waals surface area contributed by atoms with E-state index in [1.54, 1.807) is 13.0 Å². The molecule has 1 atom stereocenters. The summed E-state index contributed by atoms with van der Waals surface area (Å²) in [7, 11) is 1.93. The zero-order valence-corrected chi connectivity index (χ0v) is 9.77. The number of nitrogens with zero attached hydrogens (tertiary/aromatic N) is 2. The van der Waals surface area contributed by atoms with Gasteiger partial charge in [0.1, 0.15) is 6.04 Å². The predicted octanol–water partition coefficient (Wildman–Crippen LogP) is 1.82. The normalized spacial score (nSPS) is 12.1. The maximum absolute atomic E-state index is 12.0. The number of hydrogen-bond acceptors (Lipinski definition) is 2. The average Bonchev–Trinajstić information content (AvgIpc) is 2.71. The molecule has 0 saturated carbocycles. The van der Waals surface area contributed by atoms with Gasteiger partial charge in [-0.25, -0.2) is 0 Å². The molecular weight excluding hydrogens is 214 g/mol. The van der Waals surface area contributed by atoms with E-state index in [0.29, 0.717) is 5.56 Å². The number of nitriles is 1. The van der Waals surface area contributed by atoms with Gasteiger partial charge in [-0.15, -0.1) is 0 Å². The van der Waals surface area contributed by atoms with Gasteiger partial charge in [0.15, 0.2) is 0 Å². The number of nitrogens with one attached hydrogen (secondary N) is 1. The minimum atomic E-state index is -0.485. The second-order valence-electron chi connectivity index (χ2n) is 3.99. The lowest BCUT2D eigenvalue weighted by atomic mass is 10.1. The van der Waals surface area contributed by atoms with Crippen molar-refractivity contribution in [2.45, 2.75) is 13.0 Å². The minimum absolute atomic E-state index is 0.212. The first kappa shape index (κ1) is 11.2. The van der Waals surface area contributed by atoms with Crippen LogP contribution in [0.15, 0.2) is 30.5 Å². The topological polar surface area (TPSA) is 57.8 Å². The van der Waals surface area contributed by atoms with Crippen molar-refractivity contribution in [2.24, 2.45) is 7.05 Å². The molecule has 0 fully saturated rings. The third-order valence-electron chi connectivity index (χ3n) is 2.71. The van der Waals surface area contributed by atoms with Gasteiger partial charge in [-0.1, -0.05) is 6.07 Å². The summed E-state index contributed by atoms with van der Waals surface area (Å²) in [5, 5.41) is 12.2. The van der Waals surface area contributed by atoms with E-state index in [-0.39, 0.29) is 5.91 Å². The number of carbonyl (C=O) groups excluding carboxylic acids is 1. The highest BCUT2D eigenvalue weighted by atomic mass is 16.1. The van der Waals surface area contributed by atoms with Gasteiger partial charge < -0.3 is 9.88 Å². The molecule has 0 aliphatic rings. The molecule has 2 aromatic rings. The summed E-state index contributed by atoms with van der Waals surface area (Å²) >= 11 is 0. The molecule has 0 aliphatic heterocycles. The van der Waals surface area contributed by atoms with E-state index < -0.39 is 6.04 Å². The molecule has 0 bridgehead atoms. The SMILES string of the molecule is C[C@@H](C#N)NC(=O)c1cccc2c1ccn2C. The Morgan fingerprint density at radius 1 is 1.47 bits per heavy atom. The number of fused-ring (bicyclic) bond motifs is 1. The molecule has 0 spiro atoms. The van der Waals surface area contributed by atoms with Crippen LogP contribution in [0, 0.1) is 11.3 Å². The first-order valence-electron chi connectivity index (χ1n) is 5.38. The molecule has 1 aromatic heterocycles. The fraction of sp³-hybridized carbons (Fsp3) is 0.231. The third-order valence-corrected chi connectivity index (χ3v) is 2.71. The fourth-order valence-electron chi connectivity index (χ4n) is 1.81. The zero-order chi connectivity index (χ0) is 12.4. The molecule has 0 saturated heterocycles. The molecule has 1 amide bonds. The number of aryl methyl sites for hydroxylation is 1. The van der Waals surface area contributed by atoms with Crippen LogP contribution in [0.4, 0.5) is 0 Å². The maximum atomic E-state index is 12.0. The summed E-state index contributed by atoms with van der Waals surface area (Å²) in [4.78, 5) is 12.0. The summed E-state index contributed by atoms with van der Waals surface area (Å²) in [6, 6.07) is 8.97. The number of benzene rings is 1. The van der Waals surface area contributed by atoms with Crippen molar-refractivity contribution >= 4 is 16.8 Å². The summed E-state index contributed by atoms with van der Waals surface area (Å²) in [5.41, 5.74) is 1.60. The van der Waals surface area contributed by atoms with Gasteiger partial charge in [-0.05, 0) is 25.1 Å². The van der Waals surface area contributed by atoms with Gasteiger partial charge in [0.05, 0.1) is 6.07 Å². The predicted molar refractivity (Wildman–Crippen MR) is 65.5 cm³/mol. The van der Waals surface area contributed by atoms with Crippen molar-refractivity contribution in [3.63, 3.8) is 0 Å². The highest BCUT2D eigenvalue weighted by Gasteiger charge is 2.13. The smallest absolute Gasteiger partial charge is 0.252 e. The van der Waals surface area contributed by atoms with E-state index in [2.05, 4.69) is 5.32 Å². The molecule has 0 radical (unpaired) electrons. The van der Waals surface area contributed by atoms with Crippen LogP contribution < -0.4 is 5.32 Å². The molecule has 2 rings (SSSR count). The highest BCUT2D eigenvalue weighted by molar-refractivity contribution is 6.06. The Kier molecular flexibility index (Phi) is 2.84. The Hall–Kier alpha value is -2.28. The lowest BCUT2D eigenvalue weighted by Gasteiger charge is -2.07. The molecule has 1 N–H and O–H groups in total. The number of amides is 1. The zero-order valence-electron chi connectivity index (χ0n) is 9.77. The monoisotopic (exact) mass is 227 g/mol. The standard InChI is InChI=1S/C13H13N3O/c1-9(8-14)15-13(17)11-4-3-5-12-10(11)6-7-16(12)2/h3-7,9H,1-2H3,(H,15,17)/t9-/m0/s1. The van der Waals surface area contributed by atoms with Crippen LogP contribution in [0.25, 0.3) is 10.9 Å². The summed E-state index contributed by atoms with van der Waals surface area (Å²) < 4.78 is 1.96. The summed E-state index contributed by atoms with van der Waals surface area (Å²) in [6.07, 6.45) is 1.91. The third kappa shape index (κ3) is 2.00. The van der Waals surface area contributed by atoms with Gasteiger partial charge in [-0.2, -0.15) is 5.26 Å². The quantitative estimate of drug-likeness (QED) is 0.850. The number of aromatic nitrogens is 1. The summed E-state index contributed by atoms with van der Waals surface area (Å²) in [5.74, 6) is -0.212. The van der Waals surface area contributed by atoms with E-state index in [0.717, 1.165) is 10.9 Å². The van der Waals surface area contributed by atoms with Crippen LogP contribution in [0.3, 0.4) is 0 Å². The Bertz CT molecular complexity index is 607. The van der Waals surface area contributed by atoms with E-state index in [4.69, 9.17) is 5.26 Å². The fourth-order valence-corrected chi connectivity index (χ4v) is 1.81. The second-order valence-corrected chi connectivity index (χ2v) is 3.99. The molecule has 1 heterocycles. The van der Waals surface area contributed by atoms with E-state index in [9.17, 15) is 4.79 Å². The van der Waals surface area contributed by atoms with Gasteiger partial charge >= 0.3 is 0 Å². The number of hydrogen-bond donors (Lipinski definition) is 1. The maximum Gasteiger partial charge on any atom is 0.252 e. The van der Waals surface area contributed by atoms with Crippen molar-refractivity contribution in [1.82, 2.24) is 9.88 Å². The van der Waals surface area contributed by atoms with Crippen molar-refractivity contribution in [2.75, 3.05) is 0 Å². The largest absolute Gasteiger partial charge is 0.351 e. The molecule has 4 nitrogen and oxygen atoms in total. The van der Waals surface area contributed by atoms with Crippen LogP contribution in [0.2, 0.25) is 0 Å². The molecule has 1 aromatic carbocycles. The Morgan fingerprint density at radius 3 is 2.94 bits per heavy atom. The van der Waals surface area contributed by atoms with Crippen molar-refractivity contribution < 1.29 is 4.79 Å². The van der Waals surface area contributed by atoms with Gasteiger partial charge in [0.25, 0.3) is 5.91 Å². The first-order valence-corrected chi connectivity index (χ1v) is 5.38. The molecule has 4 heteroatoms. The van der Waals surface area contributed by atoms with Crippen LogP contribution in [-0.4, -0.2) is 16.5 Å². The molecule has 0 unspecified atom stereocenters. The highest BCUT2D eigenvalue weighted by Crippen LogP contribution is 2.19. The molecule has 86 valence electrons. The first-order chi connectivity index (χ1) is 8.13. The summed E-state index contributed by atoms with van der Waals surface area (Å²) in [6.45, 7) is 1.66. The van der Waals surface area contributed by atoms with Crippen LogP contribution in [-0.2, 0) is 7.05 Å². The molecule has 17 heavy (non-hydrogen) atoms. The lowest BCUT2D eigenvalue weighted by Crippen LogP contribution is -2.31. The van der Waals surface area contributed by atoms with Crippen LogP contribution in [0.1, 0.15) is 17.3 Å². The Balaban J connectivity index is 2.42. The van der Waals surface area contributed by atoms with E-state index in [1.807, 2.05) is 42.1 Å². The lowest BCUT2D eigenvalue weighted by molar-refractivity contribution is 0.0949. The average molecular weight is 227 g/mol. The van der Waals surface area contributed by atoms with Gasteiger partial charge in [0.2, 0.25) is 0 Å². The van der Waals surface area contributed by atoms with E-state index >= 15 is 0 Å². The number of carbonyl (C=O) groups is 1. The van der Waals surface area contributed by atoms with Crippen molar-refractivity contribution in [1.29, 1.82) is 5.26 Å². The van der Waals surface area contributed by atoms with E-state index in [1.165, 1.54) is 0 Å². The minimum Gasteiger partial charge on any atom is -0.351 e.